The van der Waals surface area contributed by atoms with Gasteiger partial charge in [0.1, 0.15) is 0 Å². The van der Waals surface area contributed by atoms with E-state index in [1.54, 1.807) is 0 Å². The van der Waals surface area contributed by atoms with Gasteiger partial charge in [-0.2, -0.15) is 4.98 Å². The van der Waals surface area contributed by atoms with Gasteiger partial charge in [0.25, 0.3) is 0 Å². The van der Waals surface area contributed by atoms with E-state index in [1.807, 2.05) is 0 Å². The highest BCUT2D eigenvalue weighted by atomic mass is 35.5. The summed E-state index contributed by atoms with van der Waals surface area (Å²) < 4.78 is 5.66. The fraction of sp³-hybridized carbons (Fsp3) is 0.857. The van der Waals surface area contributed by atoms with E-state index in [0.717, 1.165) is 30.7 Å². The molecule has 2 aliphatic carbocycles. The van der Waals surface area contributed by atoms with Gasteiger partial charge in [0.05, 0.1) is 5.41 Å². The van der Waals surface area contributed by atoms with Crippen LogP contribution in [-0.2, 0) is 5.41 Å². The Hall–Kier alpha value is -0.610. The summed E-state index contributed by atoms with van der Waals surface area (Å²) in [5.74, 6) is 3.19. The van der Waals surface area contributed by atoms with Crippen molar-refractivity contribution < 1.29 is 4.52 Å². The normalized spacial score (nSPS) is 34.4. The molecule has 5 heteroatoms. The summed E-state index contributed by atoms with van der Waals surface area (Å²) in [7, 11) is 0. The quantitative estimate of drug-likeness (QED) is 0.907. The van der Waals surface area contributed by atoms with Gasteiger partial charge in [0, 0.05) is 12.5 Å². The van der Waals surface area contributed by atoms with Gasteiger partial charge >= 0.3 is 0 Å². The molecule has 1 N–H and O–H groups in total. The van der Waals surface area contributed by atoms with Crippen molar-refractivity contribution in [2.45, 2.75) is 56.3 Å². The third-order valence-corrected chi connectivity index (χ3v) is 5.38. The van der Waals surface area contributed by atoms with Crippen molar-refractivity contribution in [1.82, 2.24) is 15.5 Å². The molecular formula is C14H22ClN3O. The summed E-state index contributed by atoms with van der Waals surface area (Å²) in [6.07, 6.45) is 8.98. The molecule has 0 aromatic carbocycles. The van der Waals surface area contributed by atoms with E-state index < -0.39 is 0 Å². The number of nitrogens with zero attached hydrogens (tertiary/aromatic N) is 2. The van der Waals surface area contributed by atoms with Gasteiger partial charge in [0.15, 0.2) is 5.82 Å². The SMILES string of the molecule is C1CCC(c2noc([C@@]34CCC[C@@H]3CNC4)n2)C1.Cl. The number of nitrogens with one attached hydrogen (secondary N) is 1. The molecule has 4 nitrogen and oxygen atoms in total. The Morgan fingerprint density at radius 3 is 2.84 bits per heavy atom. The van der Waals surface area contributed by atoms with Gasteiger partial charge in [-0.15, -0.1) is 12.4 Å². The molecule has 0 bridgehead atoms. The first-order chi connectivity index (χ1) is 8.88. The molecule has 19 heavy (non-hydrogen) atoms. The molecule has 2 heterocycles. The first kappa shape index (κ1) is 13.4. The Morgan fingerprint density at radius 2 is 2.00 bits per heavy atom. The second kappa shape index (κ2) is 5.06. The van der Waals surface area contributed by atoms with Crippen LogP contribution in [0.4, 0.5) is 0 Å². The minimum absolute atomic E-state index is 0. The lowest BCUT2D eigenvalue weighted by Crippen LogP contribution is -2.31. The summed E-state index contributed by atoms with van der Waals surface area (Å²) in [5, 5.41) is 7.80. The second-order valence-corrected chi connectivity index (χ2v) is 6.32. The number of hydrogen-bond acceptors (Lipinski definition) is 4. The van der Waals surface area contributed by atoms with Crippen LogP contribution in [0.2, 0.25) is 0 Å². The van der Waals surface area contributed by atoms with Crippen molar-refractivity contribution in [3.63, 3.8) is 0 Å². The van der Waals surface area contributed by atoms with E-state index in [0.29, 0.717) is 5.92 Å². The van der Waals surface area contributed by atoms with Crippen molar-refractivity contribution in [3.8, 4) is 0 Å². The molecule has 1 aromatic heterocycles. The maximum Gasteiger partial charge on any atom is 0.234 e. The highest BCUT2D eigenvalue weighted by molar-refractivity contribution is 5.85. The van der Waals surface area contributed by atoms with Crippen LogP contribution in [0.15, 0.2) is 4.52 Å². The van der Waals surface area contributed by atoms with Crippen LogP contribution in [0.3, 0.4) is 0 Å². The first-order valence-corrected chi connectivity index (χ1v) is 7.43. The predicted molar refractivity (Wildman–Crippen MR) is 74.6 cm³/mol. The average molecular weight is 284 g/mol. The minimum Gasteiger partial charge on any atom is -0.339 e. The van der Waals surface area contributed by atoms with Gasteiger partial charge in [-0.25, -0.2) is 0 Å². The van der Waals surface area contributed by atoms with Crippen molar-refractivity contribution in [3.05, 3.63) is 11.7 Å². The summed E-state index contributed by atoms with van der Waals surface area (Å²) in [4.78, 5) is 4.79. The summed E-state index contributed by atoms with van der Waals surface area (Å²) in [6, 6.07) is 0. The van der Waals surface area contributed by atoms with E-state index in [1.165, 1.54) is 44.9 Å². The molecule has 3 fully saturated rings. The minimum atomic E-state index is 0. The Balaban J connectivity index is 0.00000110. The Bertz CT molecular complexity index is 432. The van der Waals surface area contributed by atoms with Crippen molar-refractivity contribution in [2.24, 2.45) is 5.92 Å². The lowest BCUT2D eigenvalue weighted by Gasteiger charge is -2.23. The van der Waals surface area contributed by atoms with Gasteiger partial charge in [-0.3, -0.25) is 0 Å². The Labute approximate surface area is 120 Å². The molecule has 2 atom stereocenters. The van der Waals surface area contributed by atoms with E-state index >= 15 is 0 Å². The largest absolute Gasteiger partial charge is 0.339 e. The molecule has 0 amide bonds. The summed E-state index contributed by atoms with van der Waals surface area (Å²) >= 11 is 0. The van der Waals surface area contributed by atoms with Crippen LogP contribution in [0.5, 0.6) is 0 Å². The van der Waals surface area contributed by atoms with E-state index in [2.05, 4.69) is 10.5 Å². The van der Waals surface area contributed by atoms with Crippen LogP contribution >= 0.6 is 12.4 Å². The number of aromatic nitrogens is 2. The van der Waals surface area contributed by atoms with Gasteiger partial charge in [-0.05, 0) is 38.1 Å². The number of halogens is 1. The second-order valence-electron chi connectivity index (χ2n) is 6.32. The monoisotopic (exact) mass is 283 g/mol. The molecular weight excluding hydrogens is 262 g/mol. The summed E-state index contributed by atoms with van der Waals surface area (Å²) in [5.41, 5.74) is 0.170. The van der Waals surface area contributed by atoms with Crippen molar-refractivity contribution in [2.75, 3.05) is 13.1 Å². The lowest BCUT2D eigenvalue weighted by atomic mass is 9.80. The van der Waals surface area contributed by atoms with Crippen LogP contribution < -0.4 is 5.32 Å². The molecule has 106 valence electrons. The smallest absolute Gasteiger partial charge is 0.234 e. The zero-order valence-electron chi connectivity index (χ0n) is 11.2. The van der Waals surface area contributed by atoms with Crippen molar-refractivity contribution >= 4 is 12.4 Å². The standard InChI is InChI=1S/C14H21N3O.ClH/c1-2-5-10(4-1)12-16-13(18-17-12)14-7-3-6-11(14)8-15-9-14;/h10-11,15H,1-9H2;1H/t11-,14-;/m1./s1. The van der Waals surface area contributed by atoms with Gasteiger partial charge in [0.2, 0.25) is 5.89 Å². The number of rotatable bonds is 2. The molecule has 1 aliphatic heterocycles. The molecule has 0 unspecified atom stereocenters. The van der Waals surface area contributed by atoms with Gasteiger partial charge in [-0.1, -0.05) is 24.4 Å². The molecule has 4 rings (SSSR count). The molecule has 3 aliphatic rings. The van der Waals surface area contributed by atoms with Crippen LogP contribution in [0.25, 0.3) is 0 Å². The van der Waals surface area contributed by atoms with Gasteiger partial charge < -0.3 is 9.84 Å². The third-order valence-electron chi connectivity index (χ3n) is 5.38. The average Bonchev–Trinajstić information content (AvgIpc) is 3.13. The molecule has 1 saturated heterocycles. The van der Waals surface area contributed by atoms with Crippen LogP contribution in [0, 0.1) is 5.92 Å². The zero-order chi connectivity index (χ0) is 12.0. The predicted octanol–water partition coefficient (Wildman–Crippen LogP) is 2.79. The van der Waals surface area contributed by atoms with Crippen LogP contribution in [0.1, 0.15) is 62.6 Å². The number of hydrogen-bond donors (Lipinski definition) is 1. The Morgan fingerprint density at radius 1 is 1.16 bits per heavy atom. The fourth-order valence-electron chi connectivity index (χ4n) is 4.29. The zero-order valence-corrected chi connectivity index (χ0v) is 12.0. The van der Waals surface area contributed by atoms with Crippen molar-refractivity contribution in [1.29, 1.82) is 0 Å². The molecule has 1 aromatic rings. The number of fused-ring (bicyclic) bond motifs is 1. The molecule has 2 saturated carbocycles. The maximum absolute atomic E-state index is 5.66. The highest BCUT2D eigenvalue weighted by Gasteiger charge is 2.51. The lowest BCUT2D eigenvalue weighted by molar-refractivity contribution is 0.264. The summed E-state index contributed by atoms with van der Waals surface area (Å²) in [6.45, 7) is 2.16. The fourth-order valence-corrected chi connectivity index (χ4v) is 4.29. The highest BCUT2D eigenvalue weighted by Crippen LogP contribution is 2.47. The molecule has 0 spiro atoms. The van der Waals surface area contributed by atoms with E-state index in [-0.39, 0.29) is 17.8 Å². The van der Waals surface area contributed by atoms with E-state index in [4.69, 9.17) is 9.51 Å². The molecule has 0 radical (unpaired) electrons. The first-order valence-electron chi connectivity index (χ1n) is 7.43. The topological polar surface area (TPSA) is 51.0 Å². The van der Waals surface area contributed by atoms with Crippen LogP contribution in [-0.4, -0.2) is 23.2 Å². The van der Waals surface area contributed by atoms with E-state index in [9.17, 15) is 0 Å². The maximum atomic E-state index is 5.66. The Kier molecular flexibility index (Phi) is 3.56. The third kappa shape index (κ3) is 2.00.